The van der Waals surface area contributed by atoms with E-state index in [0.717, 1.165) is 5.56 Å². The minimum absolute atomic E-state index is 0.119. The second-order valence-electron chi connectivity index (χ2n) is 3.91. The van der Waals surface area contributed by atoms with Gasteiger partial charge in [0.2, 0.25) is 0 Å². The van der Waals surface area contributed by atoms with E-state index >= 15 is 0 Å². The van der Waals surface area contributed by atoms with Crippen LogP contribution in [0.5, 0.6) is 0 Å². The summed E-state index contributed by atoms with van der Waals surface area (Å²) >= 11 is 0. The average Bonchev–Trinajstić information content (AvgIpc) is 2.19. The lowest BCUT2D eigenvalue weighted by atomic mass is 9.85. The molecule has 0 bridgehead atoms. The van der Waals surface area contributed by atoms with Crippen molar-refractivity contribution in [1.29, 1.82) is 0 Å². The quantitative estimate of drug-likeness (QED) is 0.734. The number of ether oxygens (including phenoxy) is 1. The summed E-state index contributed by atoms with van der Waals surface area (Å²) < 4.78 is 5.41. The van der Waals surface area contributed by atoms with Crippen LogP contribution in [-0.2, 0) is 10.3 Å². The normalized spacial score (nSPS) is 32.9. The molecule has 2 rings (SSSR count). The SMILES string of the molecule is CC1CC(O)(c2cccnc2)CCO1. The number of rotatable bonds is 1. The van der Waals surface area contributed by atoms with Gasteiger partial charge in [0.25, 0.3) is 0 Å². The lowest BCUT2D eigenvalue weighted by molar-refractivity contribution is -0.101. The molecule has 0 aliphatic carbocycles. The van der Waals surface area contributed by atoms with Crippen LogP contribution in [0.15, 0.2) is 24.5 Å². The number of hydrogen-bond acceptors (Lipinski definition) is 3. The zero-order valence-corrected chi connectivity index (χ0v) is 8.31. The van der Waals surface area contributed by atoms with E-state index in [1.807, 2.05) is 19.1 Å². The molecule has 0 saturated carbocycles. The Hall–Kier alpha value is -0.930. The third-order valence-corrected chi connectivity index (χ3v) is 2.74. The van der Waals surface area contributed by atoms with Crippen molar-refractivity contribution in [3.8, 4) is 0 Å². The Labute approximate surface area is 83.7 Å². The molecule has 0 radical (unpaired) electrons. The van der Waals surface area contributed by atoms with Crippen LogP contribution in [0.2, 0.25) is 0 Å². The topological polar surface area (TPSA) is 42.4 Å². The maximum absolute atomic E-state index is 10.4. The third-order valence-electron chi connectivity index (χ3n) is 2.74. The second-order valence-corrected chi connectivity index (χ2v) is 3.91. The Balaban J connectivity index is 2.23. The first kappa shape index (κ1) is 9.62. The van der Waals surface area contributed by atoms with E-state index in [1.54, 1.807) is 12.4 Å². The van der Waals surface area contributed by atoms with Gasteiger partial charge in [0.1, 0.15) is 0 Å². The van der Waals surface area contributed by atoms with E-state index in [1.165, 1.54) is 0 Å². The fraction of sp³-hybridized carbons (Fsp3) is 0.545. The Bertz CT molecular complexity index is 301. The molecule has 1 N–H and O–H groups in total. The molecular weight excluding hydrogens is 178 g/mol. The lowest BCUT2D eigenvalue weighted by Gasteiger charge is -2.35. The zero-order chi connectivity index (χ0) is 10.0. The van der Waals surface area contributed by atoms with Gasteiger partial charge in [-0.25, -0.2) is 0 Å². The highest BCUT2D eigenvalue weighted by Gasteiger charge is 2.34. The van der Waals surface area contributed by atoms with Crippen LogP contribution in [0.4, 0.5) is 0 Å². The summed E-state index contributed by atoms with van der Waals surface area (Å²) in [6, 6.07) is 3.78. The van der Waals surface area contributed by atoms with Gasteiger partial charge in [-0.15, -0.1) is 0 Å². The zero-order valence-electron chi connectivity index (χ0n) is 8.31. The first-order valence-electron chi connectivity index (χ1n) is 4.95. The summed E-state index contributed by atoms with van der Waals surface area (Å²) in [6.45, 7) is 2.60. The number of aliphatic hydroxyl groups is 1. The van der Waals surface area contributed by atoms with Gasteiger partial charge in [-0.1, -0.05) is 6.07 Å². The fourth-order valence-corrected chi connectivity index (χ4v) is 1.97. The molecule has 3 heteroatoms. The molecule has 0 amide bonds. The molecule has 14 heavy (non-hydrogen) atoms. The maximum Gasteiger partial charge on any atom is 0.0957 e. The van der Waals surface area contributed by atoms with Crippen molar-refractivity contribution in [3.05, 3.63) is 30.1 Å². The average molecular weight is 193 g/mol. The van der Waals surface area contributed by atoms with Gasteiger partial charge in [-0.05, 0) is 13.0 Å². The van der Waals surface area contributed by atoms with Crippen LogP contribution in [0.25, 0.3) is 0 Å². The summed E-state index contributed by atoms with van der Waals surface area (Å²) in [4.78, 5) is 4.03. The molecule has 0 spiro atoms. The van der Waals surface area contributed by atoms with Crippen LogP contribution >= 0.6 is 0 Å². The molecule has 1 fully saturated rings. The summed E-state index contributed by atoms with van der Waals surface area (Å²) in [5.74, 6) is 0. The molecule has 1 aliphatic rings. The van der Waals surface area contributed by atoms with Crippen molar-refractivity contribution < 1.29 is 9.84 Å². The molecule has 1 saturated heterocycles. The van der Waals surface area contributed by atoms with Gasteiger partial charge in [-0.3, -0.25) is 4.98 Å². The van der Waals surface area contributed by atoms with Crippen molar-refractivity contribution >= 4 is 0 Å². The second kappa shape index (κ2) is 3.67. The van der Waals surface area contributed by atoms with Gasteiger partial charge in [0.05, 0.1) is 18.3 Å². The minimum Gasteiger partial charge on any atom is -0.385 e. The van der Waals surface area contributed by atoms with Crippen molar-refractivity contribution in [3.63, 3.8) is 0 Å². The molecule has 2 heterocycles. The lowest BCUT2D eigenvalue weighted by Crippen LogP contribution is -2.37. The predicted molar refractivity (Wildman–Crippen MR) is 52.8 cm³/mol. The van der Waals surface area contributed by atoms with Crippen LogP contribution in [0, 0.1) is 0 Å². The van der Waals surface area contributed by atoms with Crippen molar-refractivity contribution in [2.24, 2.45) is 0 Å². The molecule has 2 atom stereocenters. The molecule has 1 aromatic heterocycles. The van der Waals surface area contributed by atoms with Gasteiger partial charge in [-0.2, -0.15) is 0 Å². The molecule has 76 valence electrons. The number of nitrogens with zero attached hydrogens (tertiary/aromatic N) is 1. The highest BCUT2D eigenvalue weighted by Crippen LogP contribution is 2.33. The third kappa shape index (κ3) is 1.79. The molecule has 1 aromatic rings. The van der Waals surface area contributed by atoms with E-state index in [0.29, 0.717) is 19.4 Å². The molecule has 3 nitrogen and oxygen atoms in total. The van der Waals surface area contributed by atoms with Gasteiger partial charge >= 0.3 is 0 Å². The largest absolute Gasteiger partial charge is 0.385 e. The van der Waals surface area contributed by atoms with E-state index in [2.05, 4.69) is 4.98 Å². The number of aromatic nitrogens is 1. The predicted octanol–water partition coefficient (Wildman–Crippen LogP) is 1.47. The Morgan fingerprint density at radius 2 is 2.50 bits per heavy atom. The highest BCUT2D eigenvalue weighted by molar-refractivity contribution is 5.18. The standard InChI is InChI=1S/C11H15NO2/c1-9-7-11(13,4-6-14-9)10-3-2-5-12-8-10/h2-3,5,8-9,13H,4,6-7H2,1H3. The Morgan fingerprint density at radius 1 is 1.64 bits per heavy atom. The van der Waals surface area contributed by atoms with E-state index < -0.39 is 5.60 Å². The van der Waals surface area contributed by atoms with Crippen molar-refractivity contribution in [2.75, 3.05) is 6.61 Å². The van der Waals surface area contributed by atoms with Crippen LogP contribution in [0.1, 0.15) is 25.3 Å². The minimum atomic E-state index is -0.744. The maximum atomic E-state index is 10.4. The molecule has 0 aromatic carbocycles. The van der Waals surface area contributed by atoms with E-state index in [-0.39, 0.29) is 6.10 Å². The highest BCUT2D eigenvalue weighted by atomic mass is 16.5. The van der Waals surface area contributed by atoms with Crippen LogP contribution in [-0.4, -0.2) is 22.8 Å². The first-order valence-corrected chi connectivity index (χ1v) is 4.95. The number of hydrogen-bond donors (Lipinski definition) is 1. The van der Waals surface area contributed by atoms with Gasteiger partial charge in [0.15, 0.2) is 0 Å². The molecule has 1 aliphatic heterocycles. The van der Waals surface area contributed by atoms with Crippen LogP contribution < -0.4 is 0 Å². The van der Waals surface area contributed by atoms with Crippen molar-refractivity contribution in [2.45, 2.75) is 31.5 Å². The van der Waals surface area contributed by atoms with Gasteiger partial charge in [0, 0.05) is 30.8 Å². The summed E-state index contributed by atoms with van der Waals surface area (Å²) in [5.41, 5.74) is 0.154. The Kier molecular flexibility index (Phi) is 2.52. The molecule has 2 unspecified atom stereocenters. The fourth-order valence-electron chi connectivity index (χ4n) is 1.97. The smallest absolute Gasteiger partial charge is 0.0957 e. The van der Waals surface area contributed by atoms with E-state index in [4.69, 9.17) is 4.74 Å². The number of pyridine rings is 1. The Morgan fingerprint density at radius 3 is 3.14 bits per heavy atom. The first-order chi connectivity index (χ1) is 6.71. The molecular formula is C11H15NO2. The van der Waals surface area contributed by atoms with Crippen LogP contribution in [0.3, 0.4) is 0 Å². The van der Waals surface area contributed by atoms with Gasteiger partial charge < -0.3 is 9.84 Å². The summed E-state index contributed by atoms with van der Waals surface area (Å²) in [7, 11) is 0. The summed E-state index contributed by atoms with van der Waals surface area (Å²) in [5, 5.41) is 10.4. The van der Waals surface area contributed by atoms with E-state index in [9.17, 15) is 5.11 Å². The summed E-state index contributed by atoms with van der Waals surface area (Å²) in [6.07, 6.45) is 4.88. The van der Waals surface area contributed by atoms with Crippen molar-refractivity contribution in [1.82, 2.24) is 4.98 Å². The monoisotopic (exact) mass is 193 g/mol.